The van der Waals surface area contributed by atoms with E-state index in [-0.39, 0.29) is 5.75 Å². The molecule has 1 aliphatic rings. The highest BCUT2D eigenvalue weighted by Crippen LogP contribution is 2.35. The van der Waals surface area contributed by atoms with E-state index < -0.39 is 0 Å². The summed E-state index contributed by atoms with van der Waals surface area (Å²) in [6.07, 6.45) is 1.35. The molecule has 0 unspecified atom stereocenters. The number of nitrogens with zero attached hydrogens (tertiary/aromatic N) is 1. The smallest absolute Gasteiger partial charge is 0.125 e. The minimum atomic E-state index is 0.129. The van der Waals surface area contributed by atoms with Gasteiger partial charge in [-0.15, -0.1) is 0 Å². The number of rotatable bonds is 0. The third-order valence-electron chi connectivity index (χ3n) is 2.25. The van der Waals surface area contributed by atoms with Crippen molar-refractivity contribution in [3.8, 4) is 5.75 Å². The van der Waals surface area contributed by atoms with Crippen molar-refractivity contribution < 1.29 is 10.3 Å². The highest BCUT2D eigenvalue weighted by Gasteiger charge is 2.23. The van der Waals surface area contributed by atoms with Gasteiger partial charge in [0.1, 0.15) is 5.75 Å². The molecular formula is C9H8ClNO2. The van der Waals surface area contributed by atoms with Crippen LogP contribution in [-0.4, -0.2) is 16.0 Å². The van der Waals surface area contributed by atoms with E-state index >= 15 is 0 Å². The van der Waals surface area contributed by atoms with E-state index in [0.29, 0.717) is 22.7 Å². The van der Waals surface area contributed by atoms with Crippen LogP contribution in [0, 0.1) is 0 Å². The summed E-state index contributed by atoms with van der Waals surface area (Å²) < 4.78 is 0. The van der Waals surface area contributed by atoms with Gasteiger partial charge in [0.25, 0.3) is 0 Å². The second-order valence-electron chi connectivity index (χ2n) is 2.97. The minimum absolute atomic E-state index is 0.129. The lowest BCUT2D eigenvalue weighted by Crippen LogP contribution is -1.94. The Kier molecular flexibility index (Phi) is 1.88. The molecule has 0 spiro atoms. The highest BCUT2D eigenvalue weighted by atomic mass is 35.5. The van der Waals surface area contributed by atoms with E-state index in [1.807, 2.05) is 0 Å². The normalized spacial score (nSPS) is 17.8. The number of phenolic OH excluding ortho intramolecular Hbond substituents is 1. The van der Waals surface area contributed by atoms with Gasteiger partial charge in [-0.05, 0) is 30.5 Å². The summed E-state index contributed by atoms with van der Waals surface area (Å²) in [6, 6.07) is 3.16. The number of oxime groups is 1. The standard InChI is InChI=1S/C9H8ClNO2/c10-6-2-4-8(12)9-5(6)1-3-7(9)11-13/h2,4,12-13H,1,3H2/b11-7+. The molecule has 3 nitrogen and oxygen atoms in total. The van der Waals surface area contributed by atoms with Gasteiger partial charge in [0, 0.05) is 10.6 Å². The van der Waals surface area contributed by atoms with Crippen molar-refractivity contribution in [2.45, 2.75) is 12.8 Å². The fourth-order valence-electron chi connectivity index (χ4n) is 1.64. The van der Waals surface area contributed by atoms with Crippen LogP contribution in [0.4, 0.5) is 0 Å². The number of hydrogen-bond acceptors (Lipinski definition) is 3. The largest absolute Gasteiger partial charge is 0.507 e. The monoisotopic (exact) mass is 197 g/mol. The van der Waals surface area contributed by atoms with Crippen LogP contribution >= 0.6 is 11.6 Å². The number of benzene rings is 1. The molecule has 0 fully saturated rings. The summed E-state index contributed by atoms with van der Waals surface area (Å²) in [5, 5.41) is 21.9. The van der Waals surface area contributed by atoms with Gasteiger partial charge in [0.15, 0.2) is 0 Å². The van der Waals surface area contributed by atoms with Crippen LogP contribution in [0.25, 0.3) is 0 Å². The molecule has 0 bridgehead atoms. The third kappa shape index (κ3) is 1.16. The van der Waals surface area contributed by atoms with Crippen molar-refractivity contribution in [1.29, 1.82) is 0 Å². The van der Waals surface area contributed by atoms with E-state index in [4.69, 9.17) is 16.8 Å². The molecular weight excluding hydrogens is 190 g/mol. The van der Waals surface area contributed by atoms with Crippen molar-refractivity contribution >= 4 is 17.3 Å². The first kappa shape index (κ1) is 8.38. The SMILES string of the molecule is O/N=C1\CCc2c(Cl)ccc(O)c21. The fourth-order valence-corrected chi connectivity index (χ4v) is 1.90. The van der Waals surface area contributed by atoms with Crippen molar-refractivity contribution in [3.63, 3.8) is 0 Å². The molecule has 2 rings (SSSR count). The van der Waals surface area contributed by atoms with Crippen LogP contribution in [0.1, 0.15) is 17.5 Å². The molecule has 4 heteroatoms. The van der Waals surface area contributed by atoms with Crippen LogP contribution in [0.3, 0.4) is 0 Å². The zero-order valence-electron chi connectivity index (χ0n) is 6.79. The predicted octanol–water partition coefficient (Wildman–Crippen LogP) is 2.17. The van der Waals surface area contributed by atoms with E-state index in [9.17, 15) is 5.11 Å². The number of phenols is 1. The van der Waals surface area contributed by atoms with Crippen LogP contribution in [0.15, 0.2) is 17.3 Å². The summed E-state index contributed by atoms with van der Waals surface area (Å²) >= 11 is 5.92. The van der Waals surface area contributed by atoms with Crippen molar-refractivity contribution in [1.82, 2.24) is 0 Å². The second-order valence-corrected chi connectivity index (χ2v) is 3.37. The maximum absolute atomic E-state index is 9.51. The van der Waals surface area contributed by atoms with E-state index in [1.165, 1.54) is 6.07 Å². The molecule has 0 aromatic heterocycles. The Morgan fingerprint density at radius 2 is 2.08 bits per heavy atom. The number of hydrogen-bond donors (Lipinski definition) is 2. The highest BCUT2D eigenvalue weighted by molar-refractivity contribution is 6.32. The molecule has 0 aliphatic heterocycles. The van der Waals surface area contributed by atoms with Gasteiger partial charge in [-0.25, -0.2) is 0 Å². The van der Waals surface area contributed by atoms with E-state index in [2.05, 4.69) is 5.16 Å². The predicted molar refractivity (Wildman–Crippen MR) is 49.8 cm³/mol. The molecule has 0 radical (unpaired) electrons. The van der Waals surface area contributed by atoms with Gasteiger partial charge in [0.2, 0.25) is 0 Å². The lowest BCUT2D eigenvalue weighted by atomic mass is 10.1. The first-order chi connectivity index (χ1) is 6.24. The molecule has 0 atom stereocenters. The lowest BCUT2D eigenvalue weighted by Gasteiger charge is -2.03. The first-order valence-electron chi connectivity index (χ1n) is 3.95. The molecule has 68 valence electrons. The van der Waals surface area contributed by atoms with Crippen molar-refractivity contribution in [3.05, 3.63) is 28.3 Å². The maximum Gasteiger partial charge on any atom is 0.125 e. The number of fused-ring (bicyclic) bond motifs is 1. The first-order valence-corrected chi connectivity index (χ1v) is 4.33. The van der Waals surface area contributed by atoms with Crippen LogP contribution < -0.4 is 0 Å². The van der Waals surface area contributed by atoms with Crippen molar-refractivity contribution in [2.75, 3.05) is 0 Å². The second kappa shape index (κ2) is 2.92. The van der Waals surface area contributed by atoms with E-state index in [1.54, 1.807) is 6.07 Å². The Morgan fingerprint density at radius 3 is 2.77 bits per heavy atom. The molecule has 1 aromatic rings. The van der Waals surface area contributed by atoms with Gasteiger partial charge >= 0.3 is 0 Å². The van der Waals surface area contributed by atoms with Gasteiger partial charge in [-0.1, -0.05) is 16.8 Å². The molecule has 0 saturated carbocycles. The number of halogens is 1. The lowest BCUT2D eigenvalue weighted by molar-refractivity contribution is 0.318. The van der Waals surface area contributed by atoms with Crippen molar-refractivity contribution in [2.24, 2.45) is 5.16 Å². The van der Waals surface area contributed by atoms with Gasteiger partial charge in [-0.2, -0.15) is 0 Å². The molecule has 0 saturated heterocycles. The molecule has 0 heterocycles. The zero-order valence-corrected chi connectivity index (χ0v) is 7.54. The summed E-state index contributed by atoms with van der Waals surface area (Å²) in [7, 11) is 0. The number of aromatic hydroxyl groups is 1. The molecule has 0 amide bonds. The topological polar surface area (TPSA) is 52.8 Å². The van der Waals surface area contributed by atoms with Crippen LogP contribution in [0.2, 0.25) is 5.02 Å². The Balaban J connectivity index is 2.69. The van der Waals surface area contributed by atoms with E-state index in [0.717, 1.165) is 12.0 Å². The maximum atomic E-state index is 9.51. The third-order valence-corrected chi connectivity index (χ3v) is 2.61. The Labute approximate surface area is 80.3 Å². The van der Waals surface area contributed by atoms with Crippen LogP contribution in [0.5, 0.6) is 5.75 Å². The average molecular weight is 198 g/mol. The zero-order chi connectivity index (χ0) is 9.42. The summed E-state index contributed by atoms with van der Waals surface area (Å²) in [5.41, 5.74) is 1.97. The minimum Gasteiger partial charge on any atom is -0.507 e. The fraction of sp³-hybridized carbons (Fsp3) is 0.222. The summed E-state index contributed by atoms with van der Waals surface area (Å²) in [4.78, 5) is 0. The molecule has 1 aliphatic carbocycles. The summed E-state index contributed by atoms with van der Waals surface area (Å²) in [6.45, 7) is 0. The molecule has 1 aromatic carbocycles. The molecule has 2 N–H and O–H groups in total. The molecule has 13 heavy (non-hydrogen) atoms. The average Bonchev–Trinajstić information content (AvgIpc) is 2.56. The quantitative estimate of drug-likeness (QED) is 0.495. The Morgan fingerprint density at radius 1 is 1.31 bits per heavy atom. The van der Waals surface area contributed by atoms with Gasteiger partial charge < -0.3 is 10.3 Å². The Bertz CT molecular complexity index is 387. The van der Waals surface area contributed by atoms with Gasteiger partial charge in [-0.3, -0.25) is 0 Å². The van der Waals surface area contributed by atoms with Gasteiger partial charge in [0.05, 0.1) is 5.71 Å². The Hall–Kier alpha value is -1.22. The summed E-state index contributed by atoms with van der Waals surface area (Å²) in [5.74, 6) is 0.129. The van der Waals surface area contributed by atoms with Crippen LogP contribution in [-0.2, 0) is 6.42 Å².